The van der Waals surface area contributed by atoms with Gasteiger partial charge in [-0.2, -0.15) is 0 Å². The van der Waals surface area contributed by atoms with Gasteiger partial charge in [0.15, 0.2) is 0 Å². The molecule has 0 aliphatic rings. The second kappa shape index (κ2) is 4.17. The maximum absolute atomic E-state index is 10.5. The monoisotopic (exact) mass is 206 g/mol. The van der Waals surface area contributed by atoms with Crippen LogP contribution in [0.4, 0.5) is 0 Å². The molecule has 0 heterocycles. The van der Waals surface area contributed by atoms with Crippen molar-refractivity contribution in [3.63, 3.8) is 0 Å². The summed E-state index contributed by atoms with van der Waals surface area (Å²) in [7, 11) is 0. The summed E-state index contributed by atoms with van der Waals surface area (Å²) in [5, 5.41) is 18.3. The van der Waals surface area contributed by atoms with E-state index in [0.717, 1.165) is 17.2 Å². The maximum atomic E-state index is 10.5. The van der Waals surface area contributed by atoms with Gasteiger partial charge in [0.05, 0.1) is 0 Å². The number of carbonyl (C=O) groups is 1. The second-order valence-corrected chi connectivity index (χ2v) is 3.64. The van der Waals surface area contributed by atoms with Gasteiger partial charge in [-0.25, -0.2) is 4.79 Å². The minimum Gasteiger partial charge on any atom is -0.507 e. The van der Waals surface area contributed by atoms with E-state index in [1.165, 1.54) is 0 Å². The Morgan fingerprint density at radius 1 is 1.33 bits per heavy atom. The molecule has 0 radical (unpaired) electrons. The number of rotatable bonds is 2. The molecule has 0 aromatic heterocycles. The first kappa shape index (κ1) is 11.3. The van der Waals surface area contributed by atoms with Crippen molar-refractivity contribution in [1.29, 1.82) is 0 Å². The van der Waals surface area contributed by atoms with Crippen LogP contribution in [-0.4, -0.2) is 16.2 Å². The molecule has 1 rings (SSSR count). The number of aryl methyl sites for hydroxylation is 2. The summed E-state index contributed by atoms with van der Waals surface area (Å²) in [4.78, 5) is 10.5. The van der Waals surface area contributed by atoms with Gasteiger partial charge in [0, 0.05) is 11.6 Å². The van der Waals surface area contributed by atoms with Crippen molar-refractivity contribution in [3.8, 4) is 5.75 Å². The third-order valence-corrected chi connectivity index (χ3v) is 2.19. The molecular formula is C12H14O3. The Bertz CT molecular complexity index is 407. The zero-order valence-electron chi connectivity index (χ0n) is 9.03. The van der Waals surface area contributed by atoms with Crippen LogP contribution in [0.3, 0.4) is 0 Å². The Kier molecular flexibility index (Phi) is 3.14. The minimum atomic E-state index is -1.01. The predicted molar refractivity (Wildman–Crippen MR) is 58.9 cm³/mol. The fourth-order valence-corrected chi connectivity index (χ4v) is 1.72. The fourth-order valence-electron chi connectivity index (χ4n) is 1.72. The zero-order chi connectivity index (χ0) is 11.6. The molecular weight excluding hydrogens is 192 g/mol. The highest BCUT2D eigenvalue weighted by Crippen LogP contribution is 2.29. The maximum Gasteiger partial charge on any atom is 0.328 e. The number of hydrogen-bond donors (Lipinski definition) is 2. The molecule has 0 amide bonds. The first-order valence-electron chi connectivity index (χ1n) is 4.63. The van der Waals surface area contributed by atoms with E-state index in [9.17, 15) is 9.90 Å². The molecule has 15 heavy (non-hydrogen) atoms. The highest BCUT2D eigenvalue weighted by Gasteiger charge is 2.08. The van der Waals surface area contributed by atoms with Crippen molar-refractivity contribution in [3.05, 3.63) is 34.9 Å². The molecule has 0 spiro atoms. The molecule has 3 nitrogen and oxygen atoms in total. The molecule has 0 bridgehead atoms. The van der Waals surface area contributed by atoms with Crippen LogP contribution >= 0.6 is 0 Å². The number of phenols is 1. The summed E-state index contributed by atoms with van der Waals surface area (Å²) in [6.45, 7) is 5.40. The van der Waals surface area contributed by atoms with Crippen molar-refractivity contribution in [2.45, 2.75) is 20.8 Å². The third-order valence-electron chi connectivity index (χ3n) is 2.19. The molecule has 0 aliphatic carbocycles. The van der Waals surface area contributed by atoms with Gasteiger partial charge in [0.2, 0.25) is 0 Å². The summed E-state index contributed by atoms with van der Waals surface area (Å²) < 4.78 is 0. The van der Waals surface area contributed by atoms with Crippen molar-refractivity contribution >= 4 is 11.5 Å². The number of allylic oxidation sites excluding steroid dienone is 1. The van der Waals surface area contributed by atoms with Gasteiger partial charge in [-0.15, -0.1) is 0 Å². The Hall–Kier alpha value is -1.77. The SMILES string of the molecule is C/C(=C\C(=O)O)c1c(C)cc(C)cc1O. The summed E-state index contributed by atoms with van der Waals surface area (Å²) in [5.74, 6) is -0.880. The second-order valence-electron chi connectivity index (χ2n) is 3.64. The highest BCUT2D eigenvalue weighted by atomic mass is 16.4. The van der Waals surface area contributed by atoms with Gasteiger partial charge in [-0.1, -0.05) is 6.07 Å². The molecule has 1 aromatic rings. The van der Waals surface area contributed by atoms with E-state index in [-0.39, 0.29) is 5.75 Å². The van der Waals surface area contributed by atoms with Crippen LogP contribution in [0.2, 0.25) is 0 Å². The molecule has 0 fully saturated rings. The molecule has 1 aromatic carbocycles. The molecule has 0 aliphatic heterocycles. The Labute approximate surface area is 88.7 Å². The molecule has 0 saturated heterocycles. The van der Waals surface area contributed by atoms with Crippen molar-refractivity contribution in [1.82, 2.24) is 0 Å². The Balaban J connectivity index is 3.32. The van der Waals surface area contributed by atoms with Crippen molar-refractivity contribution in [2.24, 2.45) is 0 Å². The lowest BCUT2D eigenvalue weighted by Gasteiger charge is -2.09. The quantitative estimate of drug-likeness (QED) is 0.731. The van der Waals surface area contributed by atoms with Crippen LogP contribution in [0.1, 0.15) is 23.6 Å². The molecule has 0 unspecified atom stereocenters. The van der Waals surface area contributed by atoms with Crippen molar-refractivity contribution < 1.29 is 15.0 Å². The van der Waals surface area contributed by atoms with Gasteiger partial charge in [-0.05, 0) is 43.5 Å². The van der Waals surface area contributed by atoms with Gasteiger partial charge in [0.1, 0.15) is 5.75 Å². The van der Waals surface area contributed by atoms with E-state index >= 15 is 0 Å². The van der Waals surface area contributed by atoms with E-state index in [2.05, 4.69) is 0 Å². The number of aromatic hydroxyl groups is 1. The number of phenolic OH excluding ortho intramolecular Hbond substituents is 1. The van der Waals surface area contributed by atoms with E-state index in [1.807, 2.05) is 19.9 Å². The Morgan fingerprint density at radius 3 is 2.40 bits per heavy atom. The largest absolute Gasteiger partial charge is 0.507 e. The average Bonchev–Trinajstić information content (AvgIpc) is 1.99. The van der Waals surface area contributed by atoms with Crippen LogP contribution < -0.4 is 0 Å². The Morgan fingerprint density at radius 2 is 1.93 bits per heavy atom. The normalized spacial score (nSPS) is 11.5. The summed E-state index contributed by atoms with van der Waals surface area (Å²) in [5.41, 5.74) is 2.99. The average molecular weight is 206 g/mol. The molecule has 80 valence electrons. The lowest BCUT2D eigenvalue weighted by molar-refractivity contribution is -0.131. The molecule has 0 atom stereocenters. The number of aliphatic carboxylic acids is 1. The van der Waals surface area contributed by atoms with E-state index in [0.29, 0.717) is 11.1 Å². The number of benzene rings is 1. The van der Waals surface area contributed by atoms with Crippen LogP contribution in [0, 0.1) is 13.8 Å². The minimum absolute atomic E-state index is 0.127. The zero-order valence-corrected chi connectivity index (χ0v) is 9.03. The first-order valence-corrected chi connectivity index (χ1v) is 4.63. The van der Waals surface area contributed by atoms with Crippen LogP contribution in [0.15, 0.2) is 18.2 Å². The van der Waals surface area contributed by atoms with Gasteiger partial charge < -0.3 is 10.2 Å². The van der Waals surface area contributed by atoms with Crippen LogP contribution in [0.5, 0.6) is 5.75 Å². The van der Waals surface area contributed by atoms with Crippen molar-refractivity contribution in [2.75, 3.05) is 0 Å². The lowest BCUT2D eigenvalue weighted by Crippen LogP contribution is -1.93. The smallest absolute Gasteiger partial charge is 0.328 e. The highest BCUT2D eigenvalue weighted by molar-refractivity contribution is 5.91. The summed E-state index contributed by atoms with van der Waals surface area (Å²) in [6, 6.07) is 3.54. The van der Waals surface area contributed by atoms with Gasteiger partial charge in [0.25, 0.3) is 0 Å². The van der Waals surface area contributed by atoms with Gasteiger partial charge >= 0.3 is 5.97 Å². The van der Waals surface area contributed by atoms with Gasteiger partial charge in [-0.3, -0.25) is 0 Å². The molecule has 3 heteroatoms. The fraction of sp³-hybridized carbons (Fsp3) is 0.250. The van der Waals surface area contributed by atoms with Crippen LogP contribution in [-0.2, 0) is 4.79 Å². The van der Waals surface area contributed by atoms with E-state index in [4.69, 9.17) is 5.11 Å². The predicted octanol–water partition coefficient (Wildman–Crippen LogP) is 2.50. The van der Waals surface area contributed by atoms with E-state index < -0.39 is 5.97 Å². The lowest BCUT2D eigenvalue weighted by atomic mass is 9.98. The summed E-state index contributed by atoms with van der Waals surface area (Å²) in [6.07, 6.45) is 1.09. The number of carboxylic acid groups (broad SMARTS) is 1. The first-order chi connectivity index (χ1) is 6.91. The third kappa shape index (κ3) is 2.59. The van der Waals surface area contributed by atoms with E-state index in [1.54, 1.807) is 13.0 Å². The molecule has 2 N–H and O–H groups in total. The molecule has 0 saturated carbocycles. The van der Waals surface area contributed by atoms with Crippen LogP contribution in [0.25, 0.3) is 5.57 Å². The standard InChI is InChI=1S/C12H14O3/c1-7-4-8(2)12(10(13)5-7)9(3)6-11(14)15/h4-6,13H,1-3H3,(H,14,15)/b9-6+. The topological polar surface area (TPSA) is 57.5 Å². The summed E-state index contributed by atoms with van der Waals surface area (Å²) >= 11 is 0. The number of hydrogen-bond acceptors (Lipinski definition) is 2. The number of carboxylic acids is 1.